The first-order chi connectivity index (χ1) is 7.51. The molecule has 1 aliphatic carbocycles. The van der Waals surface area contributed by atoms with Gasteiger partial charge in [0, 0.05) is 12.3 Å². The lowest BCUT2D eigenvalue weighted by Gasteiger charge is -2.25. The SMILES string of the molecule is C#CC1CCC(CCCCC(F)(F)F)CC1. The summed E-state index contributed by atoms with van der Waals surface area (Å²) in [6, 6.07) is 0. The van der Waals surface area contributed by atoms with Gasteiger partial charge in [-0.2, -0.15) is 13.2 Å². The van der Waals surface area contributed by atoms with Gasteiger partial charge in [-0.15, -0.1) is 12.3 Å². The molecule has 0 atom stereocenters. The van der Waals surface area contributed by atoms with Crippen molar-refractivity contribution in [2.75, 3.05) is 0 Å². The molecule has 1 saturated carbocycles. The van der Waals surface area contributed by atoms with Gasteiger partial charge < -0.3 is 0 Å². The van der Waals surface area contributed by atoms with Gasteiger partial charge in [-0.05, 0) is 38.0 Å². The number of hydrogen-bond donors (Lipinski definition) is 0. The van der Waals surface area contributed by atoms with Gasteiger partial charge in [0.05, 0.1) is 0 Å². The first-order valence-corrected chi connectivity index (χ1v) is 6.04. The van der Waals surface area contributed by atoms with E-state index in [1.165, 1.54) is 0 Å². The third kappa shape index (κ3) is 5.44. The largest absolute Gasteiger partial charge is 0.389 e. The van der Waals surface area contributed by atoms with Crippen LogP contribution in [0.15, 0.2) is 0 Å². The standard InChI is InChI=1S/C13H19F3/c1-2-11-6-8-12(9-7-11)5-3-4-10-13(14,15)16/h1,11-12H,3-10H2. The highest BCUT2D eigenvalue weighted by atomic mass is 19.4. The molecule has 0 amide bonds. The molecular formula is C13H19F3. The molecule has 0 aromatic carbocycles. The van der Waals surface area contributed by atoms with Crippen LogP contribution >= 0.6 is 0 Å². The molecule has 1 rings (SSSR count). The van der Waals surface area contributed by atoms with Crippen molar-refractivity contribution < 1.29 is 13.2 Å². The molecule has 0 aliphatic heterocycles. The molecule has 0 radical (unpaired) electrons. The van der Waals surface area contributed by atoms with E-state index in [0.29, 0.717) is 18.3 Å². The van der Waals surface area contributed by atoms with Crippen molar-refractivity contribution in [1.29, 1.82) is 0 Å². The smallest absolute Gasteiger partial charge is 0.171 e. The highest BCUT2D eigenvalue weighted by Gasteiger charge is 2.26. The number of rotatable bonds is 4. The Bertz CT molecular complexity index is 229. The van der Waals surface area contributed by atoms with E-state index in [0.717, 1.165) is 32.1 Å². The van der Waals surface area contributed by atoms with Crippen LogP contribution in [0.5, 0.6) is 0 Å². The summed E-state index contributed by atoms with van der Waals surface area (Å²) in [6.07, 6.45) is 6.95. The van der Waals surface area contributed by atoms with E-state index in [1.807, 2.05) is 0 Å². The Hall–Kier alpha value is -0.650. The summed E-state index contributed by atoms with van der Waals surface area (Å²) < 4.78 is 35.7. The summed E-state index contributed by atoms with van der Waals surface area (Å²) in [7, 11) is 0. The second kappa shape index (κ2) is 6.18. The molecule has 0 N–H and O–H groups in total. The minimum atomic E-state index is -3.98. The molecule has 0 spiro atoms. The van der Waals surface area contributed by atoms with Crippen molar-refractivity contribution in [3.05, 3.63) is 0 Å². The van der Waals surface area contributed by atoms with Crippen molar-refractivity contribution in [3.8, 4) is 12.3 Å². The number of halogens is 3. The fraction of sp³-hybridized carbons (Fsp3) is 0.846. The molecule has 0 unspecified atom stereocenters. The maximum atomic E-state index is 11.9. The van der Waals surface area contributed by atoms with E-state index in [-0.39, 0.29) is 6.42 Å². The Balaban J connectivity index is 2.05. The van der Waals surface area contributed by atoms with Gasteiger partial charge in [0.2, 0.25) is 0 Å². The van der Waals surface area contributed by atoms with Gasteiger partial charge in [0.1, 0.15) is 0 Å². The quantitative estimate of drug-likeness (QED) is 0.492. The van der Waals surface area contributed by atoms with Crippen LogP contribution in [0, 0.1) is 24.2 Å². The van der Waals surface area contributed by atoms with Crippen LogP contribution in [0.1, 0.15) is 51.4 Å². The van der Waals surface area contributed by atoms with Crippen molar-refractivity contribution in [2.24, 2.45) is 11.8 Å². The third-order valence-electron chi connectivity index (χ3n) is 3.41. The van der Waals surface area contributed by atoms with Crippen molar-refractivity contribution >= 4 is 0 Å². The van der Waals surface area contributed by atoms with E-state index >= 15 is 0 Å². The van der Waals surface area contributed by atoms with E-state index in [2.05, 4.69) is 5.92 Å². The zero-order chi connectivity index (χ0) is 12.0. The van der Waals surface area contributed by atoms with Crippen LogP contribution in [-0.4, -0.2) is 6.18 Å². The monoisotopic (exact) mass is 232 g/mol. The van der Waals surface area contributed by atoms with E-state index < -0.39 is 12.6 Å². The summed E-state index contributed by atoms with van der Waals surface area (Å²) in [4.78, 5) is 0. The summed E-state index contributed by atoms with van der Waals surface area (Å²) in [5, 5.41) is 0. The molecule has 3 heteroatoms. The number of unbranched alkanes of at least 4 members (excludes halogenated alkanes) is 1. The molecule has 1 fully saturated rings. The Morgan fingerprint density at radius 1 is 1.06 bits per heavy atom. The Morgan fingerprint density at radius 3 is 2.19 bits per heavy atom. The maximum absolute atomic E-state index is 11.9. The maximum Gasteiger partial charge on any atom is 0.389 e. The highest BCUT2D eigenvalue weighted by molar-refractivity contribution is 4.95. The zero-order valence-electron chi connectivity index (χ0n) is 9.52. The van der Waals surface area contributed by atoms with Crippen LogP contribution in [0.4, 0.5) is 13.2 Å². The molecule has 0 aromatic heterocycles. The fourth-order valence-electron chi connectivity index (χ4n) is 2.38. The van der Waals surface area contributed by atoms with Crippen LogP contribution < -0.4 is 0 Å². The van der Waals surface area contributed by atoms with Crippen molar-refractivity contribution in [1.82, 2.24) is 0 Å². The fourth-order valence-corrected chi connectivity index (χ4v) is 2.38. The number of hydrogen-bond acceptors (Lipinski definition) is 0. The zero-order valence-corrected chi connectivity index (χ0v) is 9.52. The minimum absolute atomic E-state index is 0.276. The lowest BCUT2D eigenvalue weighted by atomic mass is 9.80. The lowest BCUT2D eigenvalue weighted by molar-refractivity contribution is -0.135. The highest BCUT2D eigenvalue weighted by Crippen LogP contribution is 2.32. The molecule has 0 saturated heterocycles. The van der Waals surface area contributed by atoms with Gasteiger partial charge in [-0.25, -0.2) is 0 Å². The average molecular weight is 232 g/mol. The normalized spacial score (nSPS) is 26.4. The molecule has 0 bridgehead atoms. The first kappa shape index (κ1) is 13.4. The summed E-state index contributed by atoms with van der Waals surface area (Å²) in [6.45, 7) is 0. The molecular weight excluding hydrogens is 213 g/mol. The van der Waals surface area contributed by atoms with Crippen LogP contribution in [0.25, 0.3) is 0 Å². The third-order valence-corrected chi connectivity index (χ3v) is 3.41. The van der Waals surface area contributed by atoms with E-state index in [4.69, 9.17) is 6.42 Å². The summed E-state index contributed by atoms with van der Waals surface area (Å²) >= 11 is 0. The van der Waals surface area contributed by atoms with E-state index in [9.17, 15) is 13.2 Å². The predicted molar refractivity (Wildman–Crippen MR) is 58.8 cm³/mol. The van der Waals surface area contributed by atoms with Gasteiger partial charge in [0.25, 0.3) is 0 Å². The Morgan fingerprint density at radius 2 is 1.69 bits per heavy atom. The summed E-state index contributed by atoms with van der Waals surface area (Å²) in [5.41, 5.74) is 0. The van der Waals surface area contributed by atoms with Gasteiger partial charge in [0.15, 0.2) is 0 Å². The Kier molecular flexibility index (Phi) is 5.18. The molecule has 1 aliphatic rings. The van der Waals surface area contributed by atoms with E-state index in [1.54, 1.807) is 0 Å². The summed E-state index contributed by atoms with van der Waals surface area (Å²) in [5.74, 6) is 3.78. The van der Waals surface area contributed by atoms with Crippen LogP contribution in [-0.2, 0) is 0 Å². The number of terminal acetylenes is 1. The van der Waals surface area contributed by atoms with Gasteiger partial charge in [-0.3, -0.25) is 0 Å². The molecule has 16 heavy (non-hydrogen) atoms. The second-order valence-electron chi connectivity index (χ2n) is 4.75. The van der Waals surface area contributed by atoms with Crippen LogP contribution in [0.3, 0.4) is 0 Å². The van der Waals surface area contributed by atoms with Crippen molar-refractivity contribution in [2.45, 2.75) is 57.5 Å². The average Bonchev–Trinajstić information content (AvgIpc) is 2.24. The molecule has 0 aromatic rings. The number of alkyl halides is 3. The molecule has 0 nitrogen and oxygen atoms in total. The van der Waals surface area contributed by atoms with Crippen molar-refractivity contribution in [3.63, 3.8) is 0 Å². The lowest BCUT2D eigenvalue weighted by Crippen LogP contribution is -2.13. The predicted octanol–water partition coefficient (Wildman–Crippen LogP) is 4.55. The topological polar surface area (TPSA) is 0 Å². The minimum Gasteiger partial charge on any atom is -0.171 e. The van der Waals surface area contributed by atoms with Gasteiger partial charge in [-0.1, -0.05) is 12.8 Å². The first-order valence-electron chi connectivity index (χ1n) is 6.04. The second-order valence-corrected chi connectivity index (χ2v) is 4.75. The molecule has 92 valence electrons. The Labute approximate surface area is 95.6 Å². The van der Waals surface area contributed by atoms with Crippen LogP contribution in [0.2, 0.25) is 0 Å². The van der Waals surface area contributed by atoms with Gasteiger partial charge >= 0.3 is 6.18 Å². The molecule has 0 heterocycles.